The quantitative estimate of drug-likeness (QED) is 0.220. The Labute approximate surface area is 225 Å². The Balaban J connectivity index is 1.96. The van der Waals surface area contributed by atoms with Crippen molar-refractivity contribution in [3.8, 4) is 0 Å². The first-order valence-corrected chi connectivity index (χ1v) is 31.3. The van der Waals surface area contributed by atoms with Gasteiger partial charge in [0.25, 0.3) is 0 Å². The summed E-state index contributed by atoms with van der Waals surface area (Å²) in [7, 11) is 1.35. The zero-order chi connectivity index (χ0) is 25.9. The molecule has 195 valence electrons. The number of hydrogen-bond acceptors (Lipinski definition) is 0. The van der Waals surface area contributed by atoms with Crippen molar-refractivity contribution in [3.63, 3.8) is 0 Å². The van der Waals surface area contributed by atoms with E-state index in [1.807, 2.05) is 11.1 Å². The normalized spacial score (nSPS) is 20.6. The summed E-state index contributed by atoms with van der Waals surface area (Å²) in [5.41, 5.74) is 13.9. The number of hydrogen-bond donors (Lipinski definition) is 0. The van der Waals surface area contributed by atoms with E-state index in [0.29, 0.717) is 0 Å². The fourth-order valence-electron chi connectivity index (χ4n) is 8.07. The second kappa shape index (κ2) is 11.4. The number of rotatable bonds is 12. The van der Waals surface area contributed by atoms with Gasteiger partial charge in [-0.1, -0.05) is 0 Å². The zero-order valence-corrected chi connectivity index (χ0v) is 28.8. The van der Waals surface area contributed by atoms with Crippen LogP contribution in [0.25, 0.3) is 11.1 Å². The molecule has 0 saturated heterocycles. The van der Waals surface area contributed by atoms with Crippen LogP contribution in [0.3, 0.4) is 0 Å². The number of fused-ring (bicyclic) bond motifs is 2. The molecule has 0 bridgehead atoms. The van der Waals surface area contributed by atoms with Crippen LogP contribution in [-0.2, 0) is 17.9 Å². The van der Waals surface area contributed by atoms with Crippen molar-refractivity contribution in [1.29, 1.82) is 0 Å². The van der Waals surface area contributed by atoms with Gasteiger partial charge in [-0.3, -0.25) is 0 Å². The van der Waals surface area contributed by atoms with Crippen molar-refractivity contribution in [2.45, 2.75) is 108 Å². The van der Waals surface area contributed by atoms with Gasteiger partial charge in [0.1, 0.15) is 0 Å². The Kier molecular flexibility index (Phi) is 8.89. The summed E-state index contributed by atoms with van der Waals surface area (Å²) in [6.45, 7) is 9.52. The molecule has 4 rings (SSSR count). The average molecular weight is 579 g/mol. The van der Waals surface area contributed by atoms with Crippen LogP contribution < -0.4 is 0 Å². The fraction of sp³-hybridized carbons (Fsp3) is 0.529. The molecule has 0 saturated carbocycles. The monoisotopic (exact) mass is 577 g/mol. The summed E-state index contributed by atoms with van der Waals surface area (Å²) in [6, 6.07) is 19.3. The van der Waals surface area contributed by atoms with E-state index in [9.17, 15) is 0 Å². The van der Waals surface area contributed by atoms with Gasteiger partial charge < -0.3 is 0 Å². The van der Waals surface area contributed by atoms with E-state index in [1.54, 1.807) is 33.4 Å². The number of benzene rings is 2. The van der Waals surface area contributed by atoms with E-state index in [2.05, 4.69) is 85.5 Å². The average Bonchev–Trinajstić information content (AvgIpc) is 3.35. The van der Waals surface area contributed by atoms with Crippen molar-refractivity contribution in [3.05, 3.63) is 81.9 Å². The van der Waals surface area contributed by atoms with Gasteiger partial charge in [-0.15, -0.1) is 0 Å². The van der Waals surface area contributed by atoms with Gasteiger partial charge in [-0.25, -0.2) is 0 Å². The van der Waals surface area contributed by atoms with Crippen molar-refractivity contribution >= 4 is 18.5 Å². The zero-order valence-electron chi connectivity index (χ0n) is 24.3. The summed E-state index contributed by atoms with van der Waals surface area (Å²) in [5.74, 6) is 0. The molecule has 2 aromatic rings. The standard InChI is InChI=1S/2C16H21.2CH3.H3Si.Zr/c2*1-3-5-10-15-13(8-4-2)12-14-9-6-7-11-16(14)15;;;;/h2*6-7,9,11-12H,3-5,8,10H2,1-2H3;3*1H3;. The van der Waals surface area contributed by atoms with Crippen LogP contribution in [0.4, 0.5) is 0 Å². The van der Waals surface area contributed by atoms with Crippen molar-refractivity contribution in [2.75, 3.05) is 0 Å². The van der Waals surface area contributed by atoms with Gasteiger partial charge in [0.2, 0.25) is 0 Å². The van der Waals surface area contributed by atoms with Crippen LogP contribution in [0.2, 0.25) is 9.26 Å². The molecule has 36 heavy (non-hydrogen) atoms. The molecular formula is C34H51SiZr. The molecule has 2 aliphatic rings. The first kappa shape index (κ1) is 28.0. The molecule has 0 radical (unpaired) electrons. The molecule has 0 aliphatic heterocycles. The minimum atomic E-state index is -3.38. The third kappa shape index (κ3) is 4.91. The molecular weight excluding hydrogens is 528 g/mol. The summed E-state index contributed by atoms with van der Waals surface area (Å²) in [4.78, 5) is 0. The molecule has 0 spiro atoms. The molecule has 0 N–H and O–H groups in total. The summed E-state index contributed by atoms with van der Waals surface area (Å²) >= 11 is -3.38. The predicted octanol–water partition coefficient (Wildman–Crippen LogP) is 10.1. The van der Waals surface area contributed by atoms with Gasteiger partial charge in [0, 0.05) is 0 Å². The molecule has 0 nitrogen and oxygen atoms in total. The minimum absolute atomic E-state index is 0.719. The Hall–Kier alpha value is -0.980. The molecule has 0 amide bonds. The Morgan fingerprint density at radius 1 is 0.583 bits per heavy atom. The molecule has 2 aromatic carbocycles. The predicted molar refractivity (Wildman–Crippen MR) is 163 cm³/mol. The van der Waals surface area contributed by atoms with E-state index >= 15 is 0 Å². The van der Waals surface area contributed by atoms with E-state index in [1.165, 1.54) is 71.6 Å². The first-order chi connectivity index (χ1) is 17.3. The summed E-state index contributed by atoms with van der Waals surface area (Å²) < 4.78 is 7.23. The van der Waals surface area contributed by atoms with Crippen LogP contribution in [0.1, 0.15) is 121 Å². The maximum atomic E-state index is 2.90. The summed E-state index contributed by atoms with van der Waals surface area (Å²) in [5, 5.41) is 0. The molecule has 2 aliphatic carbocycles. The second-order valence-corrected chi connectivity index (χ2v) is 51.4. The molecule has 0 aromatic heterocycles. The molecule has 2 atom stereocenters. The van der Waals surface area contributed by atoms with Crippen molar-refractivity contribution in [1.82, 2.24) is 0 Å². The molecule has 2 unspecified atom stereocenters. The summed E-state index contributed by atoms with van der Waals surface area (Å²) in [6.07, 6.45) is 12.8. The Bertz CT molecular complexity index is 1060. The van der Waals surface area contributed by atoms with E-state index in [0.717, 1.165) is 7.25 Å². The Morgan fingerprint density at radius 3 is 1.33 bits per heavy atom. The van der Waals surface area contributed by atoms with E-state index < -0.39 is 17.9 Å². The van der Waals surface area contributed by atoms with Gasteiger partial charge in [0.05, 0.1) is 0 Å². The van der Waals surface area contributed by atoms with Crippen LogP contribution in [0.5, 0.6) is 0 Å². The third-order valence-electron chi connectivity index (χ3n) is 9.33. The van der Waals surface area contributed by atoms with Gasteiger partial charge in [-0.05, 0) is 0 Å². The van der Waals surface area contributed by atoms with Crippen LogP contribution >= 0.6 is 0 Å². The van der Waals surface area contributed by atoms with Crippen molar-refractivity contribution < 1.29 is 17.9 Å². The second-order valence-electron chi connectivity index (χ2n) is 13.2. The molecule has 2 heteroatoms. The van der Waals surface area contributed by atoms with E-state index in [4.69, 9.17) is 0 Å². The van der Waals surface area contributed by atoms with Crippen LogP contribution in [0.15, 0.2) is 59.7 Å². The van der Waals surface area contributed by atoms with Gasteiger partial charge in [0.15, 0.2) is 0 Å². The topological polar surface area (TPSA) is 0 Å². The SMILES string of the molecule is CCCCC1=C(CCC)[CH]([Zr]([CH3])([CH3])([SiH3])[CH]2C(CCC)=C(CCCC)c3ccccc32)c2ccccc21. The fourth-order valence-corrected chi connectivity index (χ4v) is 31.1. The van der Waals surface area contributed by atoms with E-state index in [-0.39, 0.29) is 0 Å². The Morgan fingerprint density at radius 2 is 0.972 bits per heavy atom. The molecule has 0 heterocycles. The van der Waals surface area contributed by atoms with Gasteiger partial charge in [-0.2, -0.15) is 0 Å². The number of allylic oxidation sites excluding steroid dienone is 4. The van der Waals surface area contributed by atoms with Crippen LogP contribution in [-0.4, -0.2) is 7.37 Å². The number of unbranched alkanes of at least 4 members (excludes halogenated alkanes) is 2. The van der Waals surface area contributed by atoms with Crippen molar-refractivity contribution in [2.24, 2.45) is 0 Å². The third-order valence-corrected chi connectivity index (χ3v) is 29.6. The first-order valence-electron chi connectivity index (χ1n) is 15.1. The molecule has 0 fully saturated rings. The van der Waals surface area contributed by atoms with Gasteiger partial charge >= 0.3 is 227 Å². The maximum absolute atomic E-state index is 3.38. The van der Waals surface area contributed by atoms with Crippen LogP contribution in [0, 0.1) is 0 Å².